The van der Waals surface area contributed by atoms with E-state index in [0.717, 1.165) is 31.2 Å². The van der Waals surface area contributed by atoms with E-state index in [9.17, 15) is 0 Å². The number of nitrogens with one attached hydrogen (secondary N) is 1. The molecule has 1 unspecified atom stereocenters. The van der Waals surface area contributed by atoms with Crippen molar-refractivity contribution in [2.45, 2.75) is 33.2 Å². The van der Waals surface area contributed by atoms with Crippen molar-refractivity contribution in [2.24, 2.45) is 5.92 Å². The summed E-state index contributed by atoms with van der Waals surface area (Å²) in [5.74, 6) is 0.622. The lowest BCUT2D eigenvalue weighted by Crippen LogP contribution is -2.46. The first-order valence-electron chi connectivity index (χ1n) is 7.35. The zero-order valence-corrected chi connectivity index (χ0v) is 15.5. The number of piperazine rings is 1. The Balaban J connectivity index is 0.00000200. The summed E-state index contributed by atoms with van der Waals surface area (Å²) >= 11 is 6.50. The first kappa shape index (κ1) is 21.0. The number of halogens is 3. The summed E-state index contributed by atoms with van der Waals surface area (Å²) in [5.41, 5.74) is 2.65. The van der Waals surface area contributed by atoms with E-state index in [-0.39, 0.29) is 24.8 Å². The fourth-order valence-electron chi connectivity index (χ4n) is 3.03. The maximum Gasteiger partial charge on any atom is 0.0456 e. The Morgan fingerprint density at radius 3 is 2.38 bits per heavy atom. The quantitative estimate of drug-likeness (QED) is 0.858. The van der Waals surface area contributed by atoms with Crippen LogP contribution in [-0.2, 0) is 0 Å². The van der Waals surface area contributed by atoms with E-state index in [1.165, 1.54) is 17.5 Å². The largest absolute Gasteiger partial charge is 0.314 e. The molecule has 1 aromatic rings. The molecule has 2 atom stereocenters. The molecule has 122 valence electrons. The molecule has 0 saturated carbocycles. The van der Waals surface area contributed by atoms with Crippen LogP contribution in [0.2, 0.25) is 5.02 Å². The molecule has 0 amide bonds. The second-order valence-electron chi connectivity index (χ2n) is 5.59. The van der Waals surface area contributed by atoms with E-state index >= 15 is 0 Å². The maximum atomic E-state index is 6.50. The van der Waals surface area contributed by atoms with Crippen molar-refractivity contribution in [3.05, 3.63) is 34.3 Å². The Bertz CT molecular complexity index is 400. The molecule has 1 heterocycles. The molecular weight excluding hydrogens is 327 g/mol. The van der Waals surface area contributed by atoms with Crippen LogP contribution in [0.25, 0.3) is 0 Å². The maximum absolute atomic E-state index is 6.50. The number of nitrogens with zero attached hydrogens (tertiary/aromatic N) is 1. The molecule has 21 heavy (non-hydrogen) atoms. The third-order valence-corrected chi connectivity index (χ3v) is 4.62. The van der Waals surface area contributed by atoms with Gasteiger partial charge in [0, 0.05) is 37.2 Å². The summed E-state index contributed by atoms with van der Waals surface area (Å²) in [6.45, 7) is 11.2. The van der Waals surface area contributed by atoms with E-state index in [1.807, 2.05) is 12.1 Å². The highest BCUT2D eigenvalue weighted by Crippen LogP contribution is 2.37. The monoisotopic (exact) mass is 352 g/mol. The highest BCUT2D eigenvalue weighted by molar-refractivity contribution is 6.31. The molecule has 1 saturated heterocycles. The van der Waals surface area contributed by atoms with E-state index in [1.54, 1.807) is 0 Å². The zero-order chi connectivity index (χ0) is 13.8. The minimum Gasteiger partial charge on any atom is -0.314 e. The van der Waals surface area contributed by atoms with Crippen molar-refractivity contribution >= 4 is 36.4 Å². The lowest BCUT2D eigenvalue weighted by atomic mass is 9.88. The summed E-state index contributed by atoms with van der Waals surface area (Å²) in [5, 5.41) is 4.35. The molecule has 2 nitrogen and oxygen atoms in total. The molecule has 0 bridgehead atoms. The van der Waals surface area contributed by atoms with Gasteiger partial charge in [0.1, 0.15) is 0 Å². The van der Waals surface area contributed by atoms with Gasteiger partial charge in [-0.25, -0.2) is 0 Å². The second kappa shape index (κ2) is 9.91. The van der Waals surface area contributed by atoms with Crippen molar-refractivity contribution in [2.75, 3.05) is 26.2 Å². The lowest BCUT2D eigenvalue weighted by Gasteiger charge is -2.39. The molecule has 1 aliphatic rings. The fraction of sp³-hybridized carbons (Fsp3) is 0.625. The van der Waals surface area contributed by atoms with Crippen LogP contribution in [0.1, 0.15) is 37.4 Å². The average Bonchev–Trinajstić information content (AvgIpc) is 2.43. The van der Waals surface area contributed by atoms with Crippen LogP contribution in [0.15, 0.2) is 18.2 Å². The summed E-state index contributed by atoms with van der Waals surface area (Å²) in [7, 11) is 0. The Morgan fingerprint density at radius 2 is 1.86 bits per heavy atom. The summed E-state index contributed by atoms with van der Waals surface area (Å²) in [4.78, 5) is 2.60. The van der Waals surface area contributed by atoms with Gasteiger partial charge in [-0.15, -0.1) is 24.8 Å². The van der Waals surface area contributed by atoms with Gasteiger partial charge < -0.3 is 5.32 Å². The molecule has 1 aromatic carbocycles. The topological polar surface area (TPSA) is 15.3 Å². The number of hydrogen-bond acceptors (Lipinski definition) is 2. The normalized spacial score (nSPS) is 18.3. The molecular formula is C16H27Cl3N2. The standard InChI is InChI=1S/C16H25ClN2.2ClH/c1-4-12(2)16(19-10-8-18-9-11-19)15-13(3)6-5-7-14(15)17;;/h5-7,12,16,18H,4,8-11H2,1-3H3;2*1H/t12?,16-;;/m1../s1. The van der Waals surface area contributed by atoms with Gasteiger partial charge in [-0.3, -0.25) is 4.90 Å². The first-order valence-corrected chi connectivity index (χ1v) is 7.72. The Morgan fingerprint density at radius 1 is 1.24 bits per heavy atom. The van der Waals surface area contributed by atoms with Crippen LogP contribution in [0.5, 0.6) is 0 Å². The van der Waals surface area contributed by atoms with E-state index in [0.29, 0.717) is 12.0 Å². The van der Waals surface area contributed by atoms with Crippen molar-refractivity contribution in [1.29, 1.82) is 0 Å². The number of aryl methyl sites for hydroxylation is 1. The molecule has 0 aliphatic carbocycles. The Kier molecular flexibility index (Phi) is 9.92. The zero-order valence-electron chi connectivity index (χ0n) is 13.1. The molecule has 0 aromatic heterocycles. The van der Waals surface area contributed by atoms with E-state index < -0.39 is 0 Å². The third-order valence-electron chi connectivity index (χ3n) is 4.29. The van der Waals surface area contributed by atoms with Crippen LogP contribution in [0.3, 0.4) is 0 Å². The lowest BCUT2D eigenvalue weighted by molar-refractivity contribution is 0.128. The van der Waals surface area contributed by atoms with Crippen LogP contribution in [0, 0.1) is 12.8 Å². The molecule has 1 fully saturated rings. The molecule has 1 N–H and O–H groups in total. The number of rotatable bonds is 4. The predicted molar refractivity (Wildman–Crippen MR) is 97.3 cm³/mol. The first-order chi connectivity index (χ1) is 9.15. The molecule has 2 rings (SSSR count). The van der Waals surface area contributed by atoms with Gasteiger partial charge in [0.2, 0.25) is 0 Å². The third kappa shape index (κ3) is 5.01. The van der Waals surface area contributed by atoms with Crippen LogP contribution < -0.4 is 5.32 Å². The smallest absolute Gasteiger partial charge is 0.0456 e. The van der Waals surface area contributed by atoms with Crippen molar-refractivity contribution in [1.82, 2.24) is 10.2 Å². The van der Waals surface area contributed by atoms with Crippen molar-refractivity contribution in [3.63, 3.8) is 0 Å². The van der Waals surface area contributed by atoms with Gasteiger partial charge in [-0.2, -0.15) is 0 Å². The van der Waals surface area contributed by atoms with Gasteiger partial charge in [-0.05, 0) is 30.0 Å². The van der Waals surface area contributed by atoms with Gasteiger partial charge in [0.15, 0.2) is 0 Å². The number of benzene rings is 1. The van der Waals surface area contributed by atoms with Gasteiger partial charge >= 0.3 is 0 Å². The summed E-state index contributed by atoms with van der Waals surface area (Å²) in [6, 6.07) is 6.70. The predicted octanol–water partition coefficient (Wildman–Crippen LogP) is 4.48. The highest BCUT2D eigenvalue weighted by Gasteiger charge is 2.28. The van der Waals surface area contributed by atoms with Gasteiger partial charge in [0.25, 0.3) is 0 Å². The van der Waals surface area contributed by atoms with E-state index in [2.05, 4.69) is 37.1 Å². The highest BCUT2D eigenvalue weighted by atomic mass is 35.5. The number of hydrogen-bond donors (Lipinski definition) is 1. The molecule has 5 heteroatoms. The minimum absolute atomic E-state index is 0. The summed E-state index contributed by atoms with van der Waals surface area (Å²) < 4.78 is 0. The van der Waals surface area contributed by atoms with Crippen molar-refractivity contribution in [3.8, 4) is 0 Å². The van der Waals surface area contributed by atoms with Crippen LogP contribution >= 0.6 is 36.4 Å². The van der Waals surface area contributed by atoms with Gasteiger partial charge in [-0.1, -0.05) is 44.0 Å². The molecule has 0 spiro atoms. The average molecular weight is 354 g/mol. The van der Waals surface area contributed by atoms with Crippen LogP contribution in [-0.4, -0.2) is 31.1 Å². The Labute approximate surface area is 146 Å². The molecule has 0 radical (unpaired) electrons. The van der Waals surface area contributed by atoms with Crippen LogP contribution in [0.4, 0.5) is 0 Å². The second-order valence-corrected chi connectivity index (χ2v) is 5.99. The summed E-state index contributed by atoms with van der Waals surface area (Å²) in [6.07, 6.45) is 1.18. The Hall–Kier alpha value is 0.01000. The fourth-order valence-corrected chi connectivity index (χ4v) is 3.36. The van der Waals surface area contributed by atoms with Crippen molar-refractivity contribution < 1.29 is 0 Å². The van der Waals surface area contributed by atoms with Gasteiger partial charge in [0.05, 0.1) is 0 Å². The van der Waals surface area contributed by atoms with E-state index in [4.69, 9.17) is 11.6 Å². The SMILES string of the molecule is CCC(C)[C@H](c1c(C)cccc1Cl)N1CCNCC1.Cl.Cl. The minimum atomic E-state index is 0. The molecule has 1 aliphatic heterocycles.